The van der Waals surface area contributed by atoms with Gasteiger partial charge in [-0.15, -0.1) is 0 Å². The zero-order valence-electron chi connectivity index (χ0n) is 15.3. The van der Waals surface area contributed by atoms with E-state index in [-0.39, 0.29) is 0 Å². The van der Waals surface area contributed by atoms with Gasteiger partial charge >= 0.3 is 0 Å². The normalized spacial score (nSPS) is 23.9. The molecule has 4 rings (SSSR count). The lowest BCUT2D eigenvalue weighted by Gasteiger charge is -2.30. The molecule has 5 nitrogen and oxygen atoms in total. The maximum atomic E-state index is 6.26. The highest BCUT2D eigenvalue weighted by atomic mass is 35.5. The number of anilines is 1. The summed E-state index contributed by atoms with van der Waals surface area (Å²) in [5, 5.41) is 3.76. The molecule has 0 saturated carbocycles. The van der Waals surface area contributed by atoms with E-state index in [4.69, 9.17) is 11.6 Å². The van der Waals surface area contributed by atoms with Crippen LogP contribution in [0.2, 0.25) is 5.28 Å². The van der Waals surface area contributed by atoms with Crippen LogP contribution >= 0.6 is 11.6 Å². The summed E-state index contributed by atoms with van der Waals surface area (Å²) in [5.74, 6) is 1.03. The topological polar surface area (TPSA) is 44.3 Å². The van der Waals surface area contributed by atoms with Crippen molar-refractivity contribution in [2.45, 2.75) is 38.9 Å². The number of aromatic nitrogens is 2. The van der Waals surface area contributed by atoms with Crippen molar-refractivity contribution in [3.8, 4) is 0 Å². The van der Waals surface area contributed by atoms with E-state index < -0.39 is 0 Å². The van der Waals surface area contributed by atoms with Gasteiger partial charge in [0.05, 0.1) is 5.69 Å². The molecular weight excluding hydrogens is 346 g/mol. The maximum Gasteiger partial charge on any atom is 0.224 e. The van der Waals surface area contributed by atoms with E-state index in [1.165, 1.54) is 16.7 Å². The molecule has 0 spiro atoms. The number of hydrogen-bond acceptors (Lipinski definition) is 5. The molecule has 26 heavy (non-hydrogen) atoms. The van der Waals surface area contributed by atoms with Crippen LogP contribution < -0.4 is 10.2 Å². The molecule has 1 aromatic heterocycles. The highest BCUT2D eigenvalue weighted by Crippen LogP contribution is 2.38. The fraction of sp³-hybridized carbons (Fsp3) is 0.500. The molecular formula is C20H26ClN5. The summed E-state index contributed by atoms with van der Waals surface area (Å²) in [6, 6.07) is 0.405. The maximum absolute atomic E-state index is 6.26. The van der Waals surface area contributed by atoms with Crippen LogP contribution in [-0.4, -0.2) is 47.1 Å². The molecule has 1 atom stereocenters. The molecule has 1 aliphatic carbocycles. The zero-order chi connectivity index (χ0) is 18.1. The average molecular weight is 372 g/mol. The molecule has 0 amide bonds. The van der Waals surface area contributed by atoms with Gasteiger partial charge in [-0.3, -0.25) is 4.90 Å². The third kappa shape index (κ3) is 3.20. The number of piperazine rings is 1. The van der Waals surface area contributed by atoms with Gasteiger partial charge in [-0.1, -0.05) is 24.8 Å². The summed E-state index contributed by atoms with van der Waals surface area (Å²) in [5.41, 5.74) is 5.11. The van der Waals surface area contributed by atoms with E-state index in [1.54, 1.807) is 0 Å². The molecule has 1 aromatic rings. The van der Waals surface area contributed by atoms with Gasteiger partial charge in [0.1, 0.15) is 5.82 Å². The van der Waals surface area contributed by atoms with Crippen LogP contribution in [0.15, 0.2) is 36.0 Å². The first kappa shape index (κ1) is 17.7. The van der Waals surface area contributed by atoms with E-state index >= 15 is 0 Å². The van der Waals surface area contributed by atoms with Crippen LogP contribution in [0.25, 0.3) is 0 Å². The van der Waals surface area contributed by atoms with Crippen LogP contribution in [0.5, 0.6) is 0 Å². The standard InChI is InChI=1S/C20H26ClN5/c1-3-5-14-6-7-18(15(14)4-2)26-12-16-17(13-26)23-20(21)24-19(16)25-10-8-22-9-11-25/h3-5,18,22H,2,6-13H2,1H3/b5-3-. The number of nitrogens with one attached hydrogen (secondary N) is 1. The number of rotatable bonds is 4. The molecule has 138 valence electrons. The molecule has 1 N–H and O–H groups in total. The lowest BCUT2D eigenvalue weighted by atomic mass is 10.1. The fourth-order valence-electron chi connectivity index (χ4n) is 4.42. The first-order valence-corrected chi connectivity index (χ1v) is 9.82. The Morgan fingerprint density at radius 1 is 1.23 bits per heavy atom. The minimum atomic E-state index is 0.361. The van der Waals surface area contributed by atoms with E-state index in [1.807, 2.05) is 6.08 Å². The molecule has 2 aliphatic heterocycles. The minimum Gasteiger partial charge on any atom is -0.354 e. The Morgan fingerprint density at radius 3 is 2.77 bits per heavy atom. The predicted octanol–water partition coefficient (Wildman–Crippen LogP) is 3.08. The number of fused-ring (bicyclic) bond motifs is 1. The smallest absolute Gasteiger partial charge is 0.224 e. The van der Waals surface area contributed by atoms with Crippen LogP contribution in [0.4, 0.5) is 5.82 Å². The third-order valence-electron chi connectivity index (χ3n) is 5.62. The van der Waals surface area contributed by atoms with Gasteiger partial charge < -0.3 is 10.2 Å². The Hall–Kier alpha value is -1.69. The van der Waals surface area contributed by atoms with Crippen molar-refractivity contribution in [3.05, 3.63) is 52.5 Å². The van der Waals surface area contributed by atoms with E-state index in [0.717, 1.165) is 63.6 Å². The molecule has 0 bridgehead atoms. The summed E-state index contributed by atoms with van der Waals surface area (Å²) in [7, 11) is 0. The third-order valence-corrected chi connectivity index (χ3v) is 5.79. The Labute approximate surface area is 160 Å². The molecule has 1 saturated heterocycles. The van der Waals surface area contributed by atoms with Gasteiger partial charge in [0.15, 0.2) is 0 Å². The quantitative estimate of drug-likeness (QED) is 0.824. The van der Waals surface area contributed by atoms with Crippen molar-refractivity contribution in [2.24, 2.45) is 0 Å². The van der Waals surface area contributed by atoms with Crippen molar-refractivity contribution in [1.29, 1.82) is 0 Å². The van der Waals surface area contributed by atoms with Crippen molar-refractivity contribution < 1.29 is 0 Å². The highest BCUT2D eigenvalue weighted by Gasteiger charge is 2.35. The Balaban J connectivity index is 1.62. The van der Waals surface area contributed by atoms with Crippen LogP contribution in [-0.2, 0) is 13.1 Å². The second kappa shape index (κ2) is 7.51. The first-order chi connectivity index (χ1) is 12.7. The summed E-state index contributed by atoms with van der Waals surface area (Å²) < 4.78 is 0. The number of allylic oxidation sites excluding steroid dienone is 3. The van der Waals surface area contributed by atoms with Crippen molar-refractivity contribution in [1.82, 2.24) is 20.2 Å². The SMILES string of the molecule is C=CC1=C(/C=C\C)CCC1N1Cc2nc(Cl)nc(N3CCNCC3)c2C1. The number of nitrogens with zero attached hydrogens (tertiary/aromatic N) is 4. The van der Waals surface area contributed by atoms with E-state index in [0.29, 0.717) is 11.3 Å². The number of hydrogen-bond donors (Lipinski definition) is 1. The van der Waals surface area contributed by atoms with Gasteiger partial charge in [-0.05, 0) is 42.5 Å². The molecule has 0 aromatic carbocycles. The molecule has 0 radical (unpaired) electrons. The summed E-state index contributed by atoms with van der Waals surface area (Å²) in [6.07, 6.45) is 8.63. The van der Waals surface area contributed by atoms with Gasteiger partial charge in [-0.25, -0.2) is 9.97 Å². The largest absolute Gasteiger partial charge is 0.354 e. The second-order valence-corrected chi connectivity index (χ2v) is 7.46. The second-order valence-electron chi connectivity index (χ2n) is 7.12. The summed E-state index contributed by atoms with van der Waals surface area (Å²) >= 11 is 6.26. The van der Waals surface area contributed by atoms with Gasteiger partial charge in [0.2, 0.25) is 5.28 Å². The molecule has 3 heterocycles. The molecule has 6 heteroatoms. The highest BCUT2D eigenvalue weighted by molar-refractivity contribution is 6.28. The fourth-order valence-corrected chi connectivity index (χ4v) is 4.61. The van der Waals surface area contributed by atoms with Gasteiger partial charge in [0.25, 0.3) is 0 Å². The predicted molar refractivity (Wildman–Crippen MR) is 106 cm³/mol. The van der Waals surface area contributed by atoms with Crippen LogP contribution in [0.3, 0.4) is 0 Å². The molecule has 1 fully saturated rings. The van der Waals surface area contributed by atoms with Crippen LogP contribution in [0, 0.1) is 0 Å². The zero-order valence-corrected chi connectivity index (χ0v) is 16.1. The lowest BCUT2D eigenvalue weighted by Crippen LogP contribution is -2.44. The molecule has 3 aliphatic rings. The van der Waals surface area contributed by atoms with E-state index in [2.05, 4.69) is 50.7 Å². The summed E-state index contributed by atoms with van der Waals surface area (Å²) in [6.45, 7) is 11.8. The van der Waals surface area contributed by atoms with Gasteiger partial charge in [0, 0.05) is 50.9 Å². The minimum absolute atomic E-state index is 0.361. The van der Waals surface area contributed by atoms with Crippen LogP contribution in [0.1, 0.15) is 31.0 Å². The molecule has 1 unspecified atom stereocenters. The Morgan fingerprint density at radius 2 is 2.04 bits per heavy atom. The monoisotopic (exact) mass is 371 g/mol. The van der Waals surface area contributed by atoms with Crippen molar-refractivity contribution in [2.75, 3.05) is 31.1 Å². The van der Waals surface area contributed by atoms with E-state index in [9.17, 15) is 0 Å². The Kier molecular flexibility index (Phi) is 5.11. The Bertz CT molecular complexity index is 764. The van der Waals surface area contributed by atoms with Crippen molar-refractivity contribution >= 4 is 17.4 Å². The van der Waals surface area contributed by atoms with Gasteiger partial charge in [-0.2, -0.15) is 0 Å². The summed E-state index contributed by atoms with van der Waals surface area (Å²) in [4.78, 5) is 14.0. The lowest BCUT2D eigenvalue weighted by molar-refractivity contribution is 0.225. The number of halogens is 1. The first-order valence-electron chi connectivity index (χ1n) is 9.44. The average Bonchev–Trinajstić information content (AvgIpc) is 3.25. The van der Waals surface area contributed by atoms with Crippen molar-refractivity contribution in [3.63, 3.8) is 0 Å².